The lowest BCUT2D eigenvalue weighted by atomic mass is 10.00. The maximum Gasteiger partial charge on any atom is 0.0469 e. The smallest absolute Gasteiger partial charge is 0.0469 e. The van der Waals surface area contributed by atoms with E-state index >= 15 is 0 Å². The standard InChI is InChI=1S/C10H18BrNO/c11-10-1-4-12(8-10)7-9-2-5-13-6-3-9/h9-10H,1-8H2. The highest BCUT2D eigenvalue weighted by Gasteiger charge is 2.23. The molecule has 0 amide bonds. The van der Waals surface area contributed by atoms with E-state index < -0.39 is 0 Å². The highest BCUT2D eigenvalue weighted by molar-refractivity contribution is 9.09. The molecule has 2 heterocycles. The number of rotatable bonds is 2. The molecule has 0 saturated carbocycles. The topological polar surface area (TPSA) is 12.5 Å². The van der Waals surface area contributed by atoms with Crippen LogP contribution in [-0.4, -0.2) is 42.6 Å². The molecule has 0 aromatic heterocycles. The number of hydrogen-bond acceptors (Lipinski definition) is 2. The van der Waals surface area contributed by atoms with Crippen molar-refractivity contribution in [1.29, 1.82) is 0 Å². The summed E-state index contributed by atoms with van der Waals surface area (Å²) in [6.07, 6.45) is 3.86. The van der Waals surface area contributed by atoms with Crippen LogP contribution in [0.5, 0.6) is 0 Å². The molecule has 0 N–H and O–H groups in total. The van der Waals surface area contributed by atoms with Crippen molar-refractivity contribution in [1.82, 2.24) is 4.90 Å². The molecule has 2 nitrogen and oxygen atoms in total. The lowest BCUT2D eigenvalue weighted by Gasteiger charge is -2.26. The number of nitrogens with zero attached hydrogens (tertiary/aromatic N) is 1. The summed E-state index contributed by atoms with van der Waals surface area (Å²) in [5.74, 6) is 0.895. The first-order valence-corrected chi connectivity index (χ1v) is 6.20. The third-order valence-electron chi connectivity index (χ3n) is 3.07. The van der Waals surface area contributed by atoms with Crippen LogP contribution in [0.25, 0.3) is 0 Å². The van der Waals surface area contributed by atoms with E-state index in [-0.39, 0.29) is 0 Å². The van der Waals surface area contributed by atoms with Gasteiger partial charge < -0.3 is 9.64 Å². The van der Waals surface area contributed by atoms with Crippen LogP contribution in [0.3, 0.4) is 0 Å². The van der Waals surface area contributed by atoms with Gasteiger partial charge in [-0.2, -0.15) is 0 Å². The van der Waals surface area contributed by atoms with E-state index in [1.165, 1.54) is 38.9 Å². The van der Waals surface area contributed by atoms with E-state index in [4.69, 9.17) is 4.74 Å². The minimum atomic E-state index is 0.743. The van der Waals surface area contributed by atoms with Crippen molar-refractivity contribution in [2.24, 2.45) is 5.92 Å². The molecule has 2 rings (SSSR count). The third-order valence-corrected chi connectivity index (χ3v) is 3.82. The summed E-state index contributed by atoms with van der Waals surface area (Å²) in [5.41, 5.74) is 0. The van der Waals surface area contributed by atoms with Crippen molar-refractivity contribution in [3.8, 4) is 0 Å². The summed E-state index contributed by atoms with van der Waals surface area (Å²) < 4.78 is 5.36. The molecule has 2 saturated heterocycles. The van der Waals surface area contributed by atoms with Crippen LogP contribution in [0.2, 0.25) is 0 Å². The van der Waals surface area contributed by atoms with Crippen molar-refractivity contribution in [3.63, 3.8) is 0 Å². The van der Waals surface area contributed by atoms with Crippen molar-refractivity contribution < 1.29 is 4.74 Å². The van der Waals surface area contributed by atoms with Gasteiger partial charge >= 0.3 is 0 Å². The van der Waals surface area contributed by atoms with E-state index in [9.17, 15) is 0 Å². The zero-order valence-corrected chi connectivity index (χ0v) is 9.63. The van der Waals surface area contributed by atoms with E-state index in [1.54, 1.807) is 0 Å². The Bertz CT molecular complexity index is 156. The van der Waals surface area contributed by atoms with Gasteiger partial charge in [-0.25, -0.2) is 0 Å². The Morgan fingerprint density at radius 3 is 2.62 bits per heavy atom. The van der Waals surface area contributed by atoms with Gasteiger partial charge in [0.15, 0.2) is 0 Å². The summed E-state index contributed by atoms with van der Waals surface area (Å²) in [4.78, 5) is 3.34. The molecule has 0 aromatic carbocycles. The second-order valence-electron chi connectivity index (χ2n) is 4.20. The molecule has 3 heteroatoms. The molecule has 76 valence electrons. The zero-order valence-electron chi connectivity index (χ0n) is 8.04. The summed E-state index contributed by atoms with van der Waals surface area (Å²) in [5, 5.41) is 0. The molecular weight excluding hydrogens is 230 g/mol. The number of alkyl halides is 1. The van der Waals surface area contributed by atoms with Crippen molar-refractivity contribution >= 4 is 15.9 Å². The number of likely N-dealkylation sites (tertiary alicyclic amines) is 1. The van der Waals surface area contributed by atoms with Gasteiger partial charge in [-0.1, -0.05) is 15.9 Å². The van der Waals surface area contributed by atoms with Gasteiger partial charge in [-0.3, -0.25) is 0 Å². The van der Waals surface area contributed by atoms with Gasteiger partial charge in [0, 0.05) is 31.1 Å². The van der Waals surface area contributed by atoms with E-state index in [0.29, 0.717) is 0 Å². The molecular formula is C10H18BrNO. The summed E-state index contributed by atoms with van der Waals surface area (Å²) in [6, 6.07) is 0. The Morgan fingerprint density at radius 2 is 2.00 bits per heavy atom. The normalized spacial score (nSPS) is 32.5. The molecule has 0 aromatic rings. The molecule has 0 radical (unpaired) electrons. The maximum atomic E-state index is 5.36. The largest absolute Gasteiger partial charge is 0.381 e. The predicted molar refractivity (Wildman–Crippen MR) is 57.3 cm³/mol. The van der Waals surface area contributed by atoms with Gasteiger partial charge in [0.2, 0.25) is 0 Å². The Kier molecular flexibility index (Phi) is 3.64. The number of hydrogen-bond donors (Lipinski definition) is 0. The highest BCUT2D eigenvalue weighted by atomic mass is 79.9. The molecule has 1 atom stereocenters. The Hall–Kier alpha value is 0.400. The van der Waals surface area contributed by atoms with Crippen molar-refractivity contribution in [2.45, 2.75) is 24.1 Å². The fourth-order valence-electron chi connectivity index (χ4n) is 2.25. The second-order valence-corrected chi connectivity index (χ2v) is 5.50. The minimum absolute atomic E-state index is 0.743. The quantitative estimate of drug-likeness (QED) is 0.692. The van der Waals surface area contributed by atoms with Crippen LogP contribution in [0.1, 0.15) is 19.3 Å². The predicted octanol–water partition coefficient (Wildman–Crippen LogP) is 1.88. The highest BCUT2D eigenvalue weighted by Crippen LogP contribution is 2.21. The van der Waals surface area contributed by atoms with Crippen molar-refractivity contribution in [2.75, 3.05) is 32.8 Å². The average Bonchev–Trinajstić information content (AvgIpc) is 2.53. The molecule has 0 spiro atoms. The maximum absolute atomic E-state index is 5.36. The molecule has 2 aliphatic heterocycles. The van der Waals surface area contributed by atoms with Gasteiger partial charge in [-0.15, -0.1) is 0 Å². The zero-order chi connectivity index (χ0) is 9.10. The first kappa shape index (κ1) is 9.94. The van der Waals surface area contributed by atoms with E-state index in [2.05, 4.69) is 20.8 Å². The van der Waals surface area contributed by atoms with Crippen molar-refractivity contribution in [3.05, 3.63) is 0 Å². The lowest BCUT2D eigenvalue weighted by Crippen LogP contribution is -2.31. The molecule has 13 heavy (non-hydrogen) atoms. The van der Waals surface area contributed by atoms with Crippen LogP contribution < -0.4 is 0 Å². The second kappa shape index (κ2) is 4.76. The summed E-state index contributed by atoms with van der Waals surface area (Å²) in [6.45, 7) is 5.79. The first-order chi connectivity index (χ1) is 6.34. The molecule has 2 aliphatic rings. The van der Waals surface area contributed by atoms with Gasteiger partial charge in [0.1, 0.15) is 0 Å². The fraction of sp³-hybridized carbons (Fsp3) is 1.00. The fourth-order valence-corrected chi connectivity index (χ4v) is 2.86. The summed E-state index contributed by atoms with van der Waals surface area (Å²) >= 11 is 3.68. The Labute approximate surface area is 88.8 Å². The monoisotopic (exact) mass is 247 g/mol. The lowest BCUT2D eigenvalue weighted by molar-refractivity contribution is 0.0556. The van der Waals surface area contributed by atoms with Crippen LogP contribution in [0.4, 0.5) is 0 Å². The minimum Gasteiger partial charge on any atom is -0.381 e. The first-order valence-electron chi connectivity index (χ1n) is 5.29. The Balaban J connectivity index is 1.71. The van der Waals surface area contributed by atoms with Crippen LogP contribution >= 0.6 is 15.9 Å². The molecule has 1 unspecified atom stereocenters. The molecule has 2 fully saturated rings. The number of ether oxygens (including phenoxy) is 1. The average molecular weight is 248 g/mol. The van der Waals surface area contributed by atoms with Gasteiger partial charge in [-0.05, 0) is 31.7 Å². The van der Waals surface area contributed by atoms with Gasteiger partial charge in [0.25, 0.3) is 0 Å². The third kappa shape index (κ3) is 2.93. The van der Waals surface area contributed by atoms with Gasteiger partial charge in [0.05, 0.1) is 0 Å². The summed E-state index contributed by atoms with van der Waals surface area (Å²) in [7, 11) is 0. The molecule has 0 aliphatic carbocycles. The van der Waals surface area contributed by atoms with E-state index in [1.807, 2.05) is 0 Å². The van der Waals surface area contributed by atoms with Crippen LogP contribution in [-0.2, 0) is 4.74 Å². The number of halogens is 1. The Morgan fingerprint density at radius 1 is 1.23 bits per heavy atom. The van der Waals surface area contributed by atoms with E-state index in [0.717, 1.165) is 24.0 Å². The van der Waals surface area contributed by atoms with Crippen LogP contribution in [0, 0.1) is 5.92 Å². The van der Waals surface area contributed by atoms with Crippen LogP contribution in [0.15, 0.2) is 0 Å². The SMILES string of the molecule is BrC1CCN(CC2CCOCC2)C1. The molecule has 0 bridgehead atoms.